The van der Waals surface area contributed by atoms with E-state index < -0.39 is 0 Å². The van der Waals surface area contributed by atoms with Gasteiger partial charge in [-0.05, 0) is 0 Å². The standard InChI is InChI=1S/C9H16N2O2/c12-9(8-2-1-3-10-8)11-4-6-13-7-5-11/h8,10H,1-7H2/p+1/t8-/m1/s1. The second-order valence-corrected chi connectivity index (χ2v) is 3.71. The lowest BCUT2D eigenvalue weighted by molar-refractivity contribution is -0.658. The highest BCUT2D eigenvalue weighted by atomic mass is 16.5. The third-order valence-electron chi connectivity index (χ3n) is 2.81. The first-order valence-electron chi connectivity index (χ1n) is 5.08. The molecule has 13 heavy (non-hydrogen) atoms. The van der Waals surface area contributed by atoms with Crippen LogP contribution in [-0.2, 0) is 9.53 Å². The van der Waals surface area contributed by atoms with Crippen LogP contribution in [0.3, 0.4) is 0 Å². The Hall–Kier alpha value is -0.610. The Bertz CT molecular complexity index is 184. The van der Waals surface area contributed by atoms with E-state index in [2.05, 4.69) is 5.32 Å². The molecule has 2 aliphatic heterocycles. The summed E-state index contributed by atoms with van der Waals surface area (Å²) in [6.45, 7) is 4.09. The number of morpholine rings is 1. The van der Waals surface area contributed by atoms with Gasteiger partial charge in [-0.3, -0.25) is 4.79 Å². The summed E-state index contributed by atoms with van der Waals surface area (Å²) in [5.41, 5.74) is 0. The number of carbonyl (C=O) groups is 1. The molecule has 2 aliphatic rings. The summed E-state index contributed by atoms with van der Waals surface area (Å²) in [6.07, 6.45) is 2.23. The predicted molar refractivity (Wildman–Crippen MR) is 47.2 cm³/mol. The van der Waals surface area contributed by atoms with E-state index in [0.717, 1.165) is 26.1 Å². The van der Waals surface area contributed by atoms with Gasteiger partial charge < -0.3 is 15.0 Å². The average Bonchev–Trinajstić information content (AvgIpc) is 2.71. The SMILES string of the molecule is O=C([C@H]1CCC[NH2+]1)N1CCOCC1. The van der Waals surface area contributed by atoms with E-state index in [0.29, 0.717) is 19.1 Å². The van der Waals surface area contributed by atoms with Gasteiger partial charge >= 0.3 is 0 Å². The molecule has 0 saturated carbocycles. The Balaban J connectivity index is 1.87. The Morgan fingerprint density at radius 2 is 2.15 bits per heavy atom. The van der Waals surface area contributed by atoms with Gasteiger partial charge in [-0.25, -0.2) is 0 Å². The number of rotatable bonds is 1. The smallest absolute Gasteiger partial charge is 0.280 e. The number of quaternary nitrogens is 1. The van der Waals surface area contributed by atoms with Gasteiger partial charge in [0.25, 0.3) is 5.91 Å². The van der Waals surface area contributed by atoms with Gasteiger partial charge in [0.15, 0.2) is 6.04 Å². The minimum absolute atomic E-state index is 0.207. The first-order chi connectivity index (χ1) is 6.38. The molecule has 4 heteroatoms. The fourth-order valence-electron chi connectivity index (χ4n) is 2.02. The predicted octanol–water partition coefficient (Wildman–Crippen LogP) is -1.43. The van der Waals surface area contributed by atoms with Crippen LogP contribution in [0.4, 0.5) is 0 Å². The summed E-state index contributed by atoms with van der Waals surface area (Å²) in [4.78, 5) is 13.8. The maximum Gasteiger partial charge on any atom is 0.280 e. The lowest BCUT2D eigenvalue weighted by Gasteiger charge is -2.27. The van der Waals surface area contributed by atoms with Crippen LogP contribution >= 0.6 is 0 Å². The molecule has 2 N–H and O–H groups in total. The van der Waals surface area contributed by atoms with Crippen molar-refractivity contribution < 1.29 is 14.8 Å². The van der Waals surface area contributed by atoms with Crippen LogP contribution < -0.4 is 5.32 Å². The summed E-state index contributed by atoms with van der Waals surface area (Å²) >= 11 is 0. The molecule has 1 amide bonds. The van der Waals surface area contributed by atoms with Gasteiger partial charge in [0.2, 0.25) is 0 Å². The first kappa shape index (κ1) is 8.97. The summed E-state index contributed by atoms with van der Waals surface area (Å²) in [5, 5.41) is 2.16. The molecule has 0 aromatic rings. The number of nitrogens with zero attached hydrogens (tertiary/aromatic N) is 1. The Morgan fingerprint density at radius 1 is 1.38 bits per heavy atom. The van der Waals surface area contributed by atoms with Gasteiger partial charge in [-0.15, -0.1) is 0 Å². The Morgan fingerprint density at radius 3 is 2.77 bits per heavy atom. The van der Waals surface area contributed by atoms with Crippen LogP contribution in [-0.4, -0.2) is 49.7 Å². The Labute approximate surface area is 78.2 Å². The van der Waals surface area contributed by atoms with Crippen molar-refractivity contribution in [3.05, 3.63) is 0 Å². The fourth-order valence-corrected chi connectivity index (χ4v) is 2.02. The third-order valence-corrected chi connectivity index (χ3v) is 2.81. The van der Waals surface area contributed by atoms with Crippen molar-refractivity contribution in [1.29, 1.82) is 0 Å². The lowest BCUT2D eigenvalue weighted by atomic mass is 10.2. The number of ether oxygens (including phenoxy) is 1. The minimum Gasteiger partial charge on any atom is -0.378 e. The molecular formula is C9H17N2O2+. The molecule has 2 rings (SSSR count). The highest BCUT2D eigenvalue weighted by Crippen LogP contribution is 2.04. The normalized spacial score (nSPS) is 29.2. The molecule has 0 spiro atoms. The zero-order valence-electron chi connectivity index (χ0n) is 7.87. The van der Waals surface area contributed by atoms with Crippen LogP contribution in [0.25, 0.3) is 0 Å². The van der Waals surface area contributed by atoms with E-state index >= 15 is 0 Å². The Kier molecular flexibility index (Phi) is 2.80. The molecule has 0 aliphatic carbocycles. The van der Waals surface area contributed by atoms with Crippen LogP contribution in [0.5, 0.6) is 0 Å². The number of hydrogen-bond donors (Lipinski definition) is 1. The number of amides is 1. The quantitative estimate of drug-likeness (QED) is 0.544. The van der Waals surface area contributed by atoms with Crippen LogP contribution in [0.1, 0.15) is 12.8 Å². The second kappa shape index (κ2) is 4.07. The zero-order chi connectivity index (χ0) is 9.10. The van der Waals surface area contributed by atoms with Crippen LogP contribution in [0.2, 0.25) is 0 Å². The molecule has 0 unspecified atom stereocenters. The molecule has 0 radical (unpaired) electrons. The topological polar surface area (TPSA) is 46.2 Å². The largest absolute Gasteiger partial charge is 0.378 e. The van der Waals surface area contributed by atoms with Gasteiger partial charge in [0.1, 0.15) is 0 Å². The number of carbonyl (C=O) groups excluding carboxylic acids is 1. The summed E-state index contributed by atoms with van der Waals surface area (Å²) in [6, 6.07) is 0.207. The van der Waals surface area contributed by atoms with Crippen molar-refractivity contribution in [2.24, 2.45) is 0 Å². The highest BCUT2D eigenvalue weighted by Gasteiger charge is 2.30. The van der Waals surface area contributed by atoms with Gasteiger partial charge in [0, 0.05) is 25.9 Å². The molecule has 1 atom stereocenters. The molecule has 2 saturated heterocycles. The van der Waals surface area contributed by atoms with Crippen LogP contribution in [0.15, 0.2) is 0 Å². The van der Waals surface area contributed by atoms with Crippen molar-refractivity contribution in [1.82, 2.24) is 4.90 Å². The van der Waals surface area contributed by atoms with Crippen molar-refractivity contribution >= 4 is 5.91 Å². The molecule has 2 fully saturated rings. The maximum atomic E-state index is 11.8. The minimum atomic E-state index is 0.207. The zero-order valence-corrected chi connectivity index (χ0v) is 7.87. The van der Waals surface area contributed by atoms with E-state index in [1.165, 1.54) is 6.42 Å². The molecule has 0 bridgehead atoms. The van der Waals surface area contributed by atoms with Crippen LogP contribution in [0, 0.1) is 0 Å². The second-order valence-electron chi connectivity index (χ2n) is 3.71. The maximum absolute atomic E-state index is 11.8. The van der Waals surface area contributed by atoms with E-state index in [1.54, 1.807) is 0 Å². The molecular weight excluding hydrogens is 168 g/mol. The van der Waals surface area contributed by atoms with Gasteiger partial charge in [0.05, 0.1) is 19.8 Å². The molecule has 4 nitrogen and oxygen atoms in total. The average molecular weight is 185 g/mol. The molecule has 2 heterocycles. The number of nitrogens with two attached hydrogens (primary N) is 1. The van der Waals surface area contributed by atoms with E-state index in [4.69, 9.17) is 4.74 Å². The monoisotopic (exact) mass is 185 g/mol. The third kappa shape index (κ3) is 2.00. The molecule has 74 valence electrons. The van der Waals surface area contributed by atoms with Crippen molar-refractivity contribution in [3.8, 4) is 0 Å². The summed E-state index contributed by atoms with van der Waals surface area (Å²) < 4.78 is 5.21. The summed E-state index contributed by atoms with van der Waals surface area (Å²) in [7, 11) is 0. The van der Waals surface area contributed by atoms with Gasteiger partial charge in [-0.2, -0.15) is 0 Å². The van der Waals surface area contributed by atoms with Gasteiger partial charge in [-0.1, -0.05) is 0 Å². The van der Waals surface area contributed by atoms with E-state index in [-0.39, 0.29) is 6.04 Å². The van der Waals surface area contributed by atoms with E-state index in [1.807, 2.05) is 4.90 Å². The molecule has 0 aromatic carbocycles. The van der Waals surface area contributed by atoms with Crippen molar-refractivity contribution in [3.63, 3.8) is 0 Å². The van der Waals surface area contributed by atoms with Crippen molar-refractivity contribution in [2.75, 3.05) is 32.8 Å². The highest BCUT2D eigenvalue weighted by molar-refractivity contribution is 5.80. The fraction of sp³-hybridized carbons (Fsp3) is 0.889. The van der Waals surface area contributed by atoms with Crippen molar-refractivity contribution in [2.45, 2.75) is 18.9 Å². The lowest BCUT2D eigenvalue weighted by Crippen LogP contribution is -2.89. The molecule has 0 aromatic heterocycles. The number of hydrogen-bond acceptors (Lipinski definition) is 2. The van der Waals surface area contributed by atoms with E-state index in [9.17, 15) is 4.79 Å². The first-order valence-corrected chi connectivity index (χ1v) is 5.08. The summed E-state index contributed by atoms with van der Waals surface area (Å²) in [5.74, 6) is 0.320.